The van der Waals surface area contributed by atoms with Gasteiger partial charge in [-0.05, 0) is 24.1 Å². The fourth-order valence-corrected chi connectivity index (χ4v) is 2.52. The van der Waals surface area contributed by atoms with Crippen LogP contribution in [0.3, 0.4) is 0 Å². The van der Waals surface area contributed by atoms with Crippen molar-refractivity contribution in [3.05, 3.63) is 43.9 Å². The van der Waals surface area contributed by atoms with E-state index >= 15 is 0 Å². The molecule has 1 heterocycles. The third-order valence-corrected chi connectivity index (χ3v) is 4.05. The number of amides is 1. The van der Waals surface area contributed by atoms with E-state index in [1.54, 1.807) is 0 Å². The number of aryl methyl sites for hydroxylation is 1. The van der Waals surface area contributed by atoms with E-state index in [2.05, 4.69) is 21.2 Å². The average Bonchev–Trinajstić information content (AvgIpc) is 2.32. The molecule has 1 N–H and O–H groups in total. The molecule has 0 aromatic heterocycles. The minimum atomic E-state index is -0.752. The van der Waals surface area contributed by atoms with Crippen LogP contribution in [0.15, 0.2) is 22.7 Å². The second-order valence-electron chi connectivity index (χ2n) is 4.45. The van der Waals surface area contributed by atoms with E-state index in [-0.39, 0.29) is 23.7 Å². The van der Waals surface area contributed by atoms with Crippen molar-refractivity contribution in [1.82, 2.24) is 5.32 Å². The topological polar surface area (TPSA) is 72.2 Å². The van der Waals surface area contributed by atoms with Crippen LogP contribution in [-0.4, -0.2) is 16.9 Å². The Morgan fingerprint density at radius 3 is 2.83 bits per heavy atom. The van der Waals surface area contributed by atoms with Crippen LogP contribution in [0.5, 0.6) is 0 Å². The number of hydrogen-bond donors (Lipinski definition) is 1. The van der Waals surface area contributed by atoms with Crippen LogP contribution in [0, 0.1) is 17.0 Å². The van der Waals surface area contributed by atoms with Crippen molar-refractivity contribution in [3.63, 3.8) is 0 Å². The lowest BCUT2D eigenvalue weighted by Crippen LogP contribution is -2.45. The normalized spacial score (nSPS) is 23.6. The fourth-order valence-electron chi connectivity index (χ4n) is 2.12. The maximum Gasteiger partial charge on any atom is 0.237 e. The van der Waals surface area contributed by atoms with Gasteiger partial charge < -0.3 is 5.32 Å². The summed E-state index contributed by atoms with van der Waals surface area (Å²) >= 11 is 3.40. The molecule has 6 heteroatoms. The van der Waals surface area contributed by atoms with E-state index in [9.17, 15) is 14.9 Å². The molecular weight excluding hydrogens is 300 g/mol. The van der Waals surface area contributed by atoms with Crippen molar-refractivity contribution in [1.29, 1.82) is 0 Å². The fraction of sp³-hybridized carbons (Fsp3) is 0.417. The quantitative estimate of drug-likeness (QED) is 0.673. The molecule has 0 bridgehead atoms. The predicted molar refractivity (Wildman–Crippen MR) is 69.8 cm³/mol. The van der Waals surface area contributed by atoms with Crippen LogP contribution in [-0.2, 0) is 4.79 Å². The molecule has 0 radical (unpaired) electrons. The van der Waals surface area contributed by atoms with Gasteiger partial charge in [0, 0.05) is 22.2 Å². The molecule has 0 saturated carbocycles. The Hall–Kier alpha value is -1.43. The molecular formula is C12H13BrN2O3. The first kappa shape index (κ1) is 13.0. The van der Waals surface area contributed by atoms with Gasteiger partial charge in [-0.15, -0.1) is 0 Å². The highest BCUT2D eigenvalue weighted by Crippen LogP contribution is 2.29. The van der Waals surface area contributed by atoms with E-state index in [4.69, 9.17) is 0 Å². The summed E-state index contributed by atoms with van der Waals surface area (Å²) in [6, 6.07) is 4.25. The summed E-state index contributed by atoms with van der Waals surface area (Å²) < 4.78 is 0.891. The molecule has 5 nitrogen and oxygen atoms in total. The first-order valence-corrected chi connectivity index (χ1v) is 6.47. The number of nitrogens with zero attached hydrogens (tertiary/aromatic N) is 1. The first-order valence-electron chi connectivity index (χ1n) is 5.68. The molecule has 1 aliphatic rings. The summed E-state index contributed by atoms with van der Waals surface area (Å²) in [5.41, 5.74) is 1.82. The molecule has 18 heavy (non-hydrogen) atoms. The van der Waals surface area contributed by atoms with Gasteiger partial charge in [-0.2, -0.15) is 0 Å². The molecule has 1 fully saturated rings. The van der Waals surface area contributed by atoms with Gasteiger partial charge in [0.05, 0.1) is 0 Å². The second kappa shape index (κ2) is 5.06. The van der Waals surface area contributed by atoms with Crippen LogP contribution in [0.2, 0.25) is 0 Å². The molecule has 0 spiro atoms. The maximum atomic E-state index is 11.4. The Labute approximate surface area is 113 Å². The number of hydrogen-bond acceptors (Lipinski definition) is 3. The zero-order valence-corrected chi connectivity index (χ0v) is 11.4. The Bertz CT molecular complexity index is 504. The van der Waals surface area contributed by atoms with Crippen LogP contribution >= 0.6 is 15.9 Å². The highest BCUT2D eigenvalue weighted by Gasteiger charge is 2.38. The lowest BCUT2D eigenvalue weighted by atomic mass is 9.92. The van der Waals surface area contributed by atoms with Gasteiger partial charge in [0.2, 0.25) is 11.9 Å². The summed E-state index contributed by atoms with van der Waals surface area (Å²) in [6.07, 6.45) is 0.504. The van der Waals surface area contributed by atoms with Crippen LogP contribution in [0.4, 0.5) is 0 Å². The predicted octanol–water partition coefficient (Wildman–Crippen LogP) is 2.35. The molecule has 1 aromatic carbocycles. The third kappa shape index (κ3) is 2.53. The van der Waals surface area contributed by atoms with Crippen molar-refractivity contribution in [2.24, 2.45) is 0 Å². The van der Waals surface area contributed by atoms with Gasteiger partial charge in [-0.3, -0.25) is 14.9 Å². The van der Waals surface area contributed by atoms with E-state index in [1.165, 1.54) is 0 Å². The van der Waals surface area contributed by atoms with Crippen LogP contribution in [0.1, 0.15) is 30.0 Å². The highest BCUT2D eigenvalue weighted by atomic mass is 79.9. The monoisotopic (exact) mass is 312 g/mol. The number of piperidine rings is 1. The van der Waals surface area contributed by atoms with Gasteiger partial charge in [-0.25, -0.2) is 0 Å². The minimum Gasteiger partial charge on any atom is -0.343 e. The Balaban J connectivity index is 2.34. The Morgan fingerprint density at radius 2 is 2.22 bits per heavy atom. The molecule has 2 rings (SSSR count). The van der Waals surface area contributed by atoms with Gasteiger partial charge in [0.25, 0.3) is 0 Å². The summed E-state index contributed by atoms with van der Waals surface area (Å²) in [7, 11) is 0. The largest absolute Gasteiger partial charge is 0.343 e. The van der Waals surface area contributed by atoms with E-state index in [1.807, 2.05) is 25.1 Å². The van der Waals surface area contributed by atoms with Crippen molar-refractivity contribution in [3.8, 4) is 0 Å². The van der Waals surface area contributed by atoms with Crippen molar-refractivity contribution >= 4 is 21.8 Å². The molecule has 0 unspecified atom stereocenters. The van der Waals surface area contributed by atoms with Crippen molar-refractivity contribution < 1.29 is 9.72 Å². The van der Waals surface area contributed by atoms with Gasteiger partial charge in [-0.1, -0.05) is 28.1 Å². The zero-order chi connectivity index (χ0) is 13.3. The molecule has 96 valence electrons. The number of rotatable bonds is 2. The van der Waals surface area contributed by atoms with Gasteiger partial charge in [0.1, 0.15) is 6.04 Å². The molecule has 1 saturated heterocycles. The minimum absolute atomic E-state index is 0.130. The average molecular weight is 313 g/mol. The maximum absolute atomic E-state index is 11.4. The smallest absolute Gasteiger partial charge is 0.237 e. The van der Waals surface area contributed by atoms with Crippen molar-refractivity contribution in [2.45, 2.75) is 31.8 Å². The summed E-state index contributed by atoms with van der Waals surface area (Å²) in [5.74, 6) is -0.130. The second-order valence-corrected chi connectivity index (χ2v) is 5.30. The number of halogens is 1. The summed E-state index contributed by atoms with van der Waals surface area (Å²) in [5, 5.41) is 13.7. The SMILES string of the molecule is Cc1ccc([C@@H]2NC(=O)CC[C@H]2[N+](=O)[O-])cc1Br. The van der Waals surface area contributed by atoms with E-state index in [0.717, 1.165) is 15.6 Å². The Morgan fingerprint density at radius 1 is 1.50 bits per heavy atom. The standard InChI is InChI=1S/C12H13BrN2O3/c1-7-2-3-8(6-9(7)13)12-10(15(17)18)4-5-11(16)14-12/h2-3,6,10,12H,4-5H2,1H3,(H,14,16)/t10-,12+/m1/s1. The Kier molecular flexibility index (Phi) is 3.65. The molecule has 1 aliphatic heterocycles. The van der Waals surface area contributed by atoms with Crippen LogP contribution < -0.4 is 5.32 Å². The van der Waals surface area contributed by atoms with Gasteiger partial charge >= 0.3 is 0 Å². The number of nitro groups is 1. The summed E-state index contributed by atoms with van der Waals surface area (Å²) in [6.45, 7) is 1.94. The van der Waals surface area contributed by atoms with E-state index < -0.39 is 12.1 Å². The third-order valence-electron chi connectivity index (χ3n) is 3.19. The van der Waals surface area contributed by atoms with E-state index in [0.29, 0.717) is 0 Å². The lowest BCUT2D eigenvalue weighted by Gasteiger charge is -2.27. The zero-order valence-electron chi connectivity index (χ0n) is 9.85. The highest BCUT2D eigenvalue weighted by molar-refractivity contribution is 9.10. The molecule has 2 atom stereocenters. The number of carbonyl (C=O) groups excluding carboxylic acids is 1. The molecule has 1 amide bonds. The van der Waals surface area contributed by atoms with Crippen LogP contribution in [0.25, 0.3) is 0 Å². The molecule has 1 aromatic rings. The first-order chi connectivity index (χ1) is 8.49. The van der Waals surface area contributed by atoms with Gasteiger partial charge in [0.15, 0.2) is 0 Å². The number of benzene rings is 1. The number of carbonyl (C=O) groups is 1. The van der Waals surface area contributed by atoms with Crippen molar-refractivity contribution in [2.75, 3.05) is 0 Å². The summed E-state index contributed by atoms with van der Waals surface area (Å²) in [4.78, 5) is 22.2. The number of nitrogens with one attached hydrogen (secondary N) is 1. The molecule has 0 aliphatic carbocycles. The lowest BCUT2D eigenvalue weighted by molar-refractivity contribution is -0.529.